The largest absolute Gasteiger partial charge is 0.492 e. The second kappa shape index (κ2) is 7.11. The predicted octanol–water partition coefficient (Wildman–Crippen LogP) is 1.94. The zero-order chi connectivity index (χ0) is 14.5. The third-order valence-corrected chi connectivity index (χ3v) is 3.80. The van der Waals surface area contributed by atoms with E-state index in [1.807, 2.05) is 0 Å². The molecule has 1 aromatic rings. The molecule has 1 heterocycles. The Labute approximate surface area is 123 Å². The number of nitrogens with zero attached hydrogens (tertiary/aromatic N) is 1. The molecule has 2 rings (SSSR count). The Morgan fingerprint density at radius 1 is 1.25 bits per heavy atom. The van der Waals surface area contributed by atoms with Gasteiger partial charge in [-0.1, -0.05) is 11.6 Å². The van der Waals surface area contributed by atoms with Crippen molar-refractivity contribution in [1.29, 1.82) is 0 Å². The Bertz CT molecular complexity index is 465. The molecule has 1 N–H and O–H groups in total. The fourth-order valence-electron chi connectivity index (χ4n) is 2.44. The van der Waals surface area contributed by atoms with Crippen LogP contribution in [0, 0.1) is 5.82 Å². The van der Waals surface area contributed by atoms with E-state index in [0.29, 0.717) is 5.75 Å². The van der Waals surface area contributed by atoms with E-state index in [1.54, 1.807) is 6.07 Å². The van der Waals surface area contributed by atoms with Gasteiger partial charge in [0.1, 0.15) is 0 Å². The smallest absolute Gasteiger partial charge is 0.198 e. The van der Waals surface area contributed by atoms with E-state index in [9.17, 15) is 4.39 Å². The molecule has 1 aliphatic heterocycles. The van der Waals surface area contributed by atoms with Gasteiger partial charge in [0.15, 0.2) is 17.3 Å². The molecule has 1 saturated heterocycles. The minimum absolute atomic E-state index is 0.0676. The van der Waals surface area contributed by atoms with Gasteiger partial charge in [0.25, 0.3) is 0 Å². The second-order valence-electron chi connectivity index (χ2n) is 4.74. The molecule has 0 unspecified atom stereocenters. The summed E-state index contributed by atoms with van der Waals surface area (Å²) in [5, 5.41) is 3.38. The number of ether oxygens (including phenoxy) is 2. The van der Waals surface area contributed by atoms with Crippen LogP contribution in [0.25, 0.3) is 0 Å². The molecule has 0 radical (unpaired) electrons. The number of rotatable bonds is 5. The number of piperazine rings is 1. The molecular weight excluding hydrogens is 283 g/mol. The molecule has 4 nitrogen and oxygen atoms in total. The van der Waals surface area contributed by atoms with Crippen molar-refractivity contribution in [1.82, 2.24) is 10.2 Å². The summed E-state index contributed by atoms with van der Waals surface area (Å²) in [7, 11) is 2.93. The van der Waals surface area contributed by atoms with Crippen LogP contribution in [0.1, 0.15) is 5.56 Å². The molecule has 0 aliphatic carbocycles. The fraction of sp³-hybridized carbons (Fsp3) is 0.571. The highest BCUT2D eigenvalue weighted by Crippen LogP contribution is 2.38. The van der Waals surface area contributed by atoms with E-state index in [2.05, 4.69) is 10.2 Å². The number of nitrogens with one attached hydrogen (secondary N) is 1. The second-order valence-corrected chi connectivity index (χ2v) is 5.15. The van der Waals surface area contributed by atoms with Gasteiger partial charge in [0, 0.05) is 38.3 Å². The summed E-state index contributed by atoms with van der Waals surface area (Å²) < 4.78 is 24.2. The Kier molecular flexibility index (Phi) is 5.46. The lowest BCUT2D eigenvalue weighted by atomic mass is 10.1. The van der Waals surface area contributed by atoms with E-state index >= 15 is 0 Å². The summed E-state index contributed by atoms with van der Waals surface area (Å²) in [5.74, 6) is -0.0585. The molecule has 1 aliphatic rings. The van der Waals surface area contributed by atoms with Crippen LogP contribution in [-0.2, 0) is 6.42 Å². The van der Waals surface area contributed by atoms with E-state index in [0.717, 1.165) is 44.7 Å². The molecule has 0 spiro atoms. The molecule has 0 amide bonds. The first kappa shape index (κ1) is 15.4. The molecule has 1 fully saturated rings. The number of halogens is 2. The average Bonchev–Trinajstić information content (AvgIpc) is 2.48. The third-order valence-electron chi connectivity index (χ3n) is 3.52. The first-order chi connectivity index (χ1) is 9.67. The highest BCUT2D eigenvalue weighted by atomic mass is 35.5. The van der Waals surface area contributed by atoms with Gasteiger partial charge in [-0.05, 0) is 12.5 Å². The molecule has 1 aromatic carbocycles. The van der Waals surface area contributed by atoms with E-state index in [1.165, 1.54) is 14.2 Å². The fourth-order valence-corrected chi connectivity index (χ4v) is 2.66. The Balaban J connectivity index is 2.15. The van der Waals surface area contributed by atoms with E-state index in [4.69, 9.17) is 21.1 Å². The summed E-state index contributed by atoms with van der Waals surface area (Å²) in [4.78, 5) is 2.36. The van der Waals surface area contributed by atoms with Gasteiger partial charge in [0.2, 0.25) is 0 Å². The minimum atomic E-state index is -0.572. The SMILES string of the molecule is COc1c(CCN2CCNCC2)cc(Cl)c(F)c1OC. The lowest BCUT2D eigenvalue weighted by molar-refractivity contribution is 0.242. The highest BCUT2D eigenvalue weighted by molar-refractivity contribution is 6.31. The Morgan fingerprint density at radius 2 is 1.90 bits per heavy atom. The minimum Gasteiger partial charge on any atom is -0.492 e. The van der Waals surface area contributed by atoms with Crippen LogP contribution in [-0.4, -0.2) is 51.8 Å². The lowest BCUT2D eigenvalue weighted by Gasteiger charge is -2.27. The van der Waals surface area contributed by atoms with Crippen molar-refractivity contribution in [3.05, 3.63) is 22.5 Å². The van der Waals surface area contributed by atoms with Crippen LogP contribution in [0.2, 0.25) is 5.02 Å². The summed E-state index contributed by atoms with van der Waals surface area (Å²) in [6.45, 7) is 4.95. The molecule has 0 atom stereocenters. The number of benzene rings is 1. The zero-order valence-electron chi connectivity index (χ0n) is 11.8. The maximum Gasteiger partial charge on any atom is 0.198 e. The number of hydrogen-bond donors (Lipinski definition) is 1. The predicted molar refractivity (Wildman–Crippen MR) is 77.5 cm³/mol. The summed E-state index contributed by atoms with van der Waals surface area (Å²) in [6.07, 6.45) is 0.750. The van der Waals surface area contributed by atoms with Crippen LogP contribution >= 0.6 is 11.6 Å². The molecule has 0 saturated carbocycles. The van der Waals surface area contributed by atoms with E-state index in [-0.39, 0.29) is 10.8 Å². The monoisotopic (exact) mass is 302 g/mol. The van der Waals surface area contributed by atoms with Crippen molar-refractivity contribution < 1.29 is 13.9 Å². The van der Waals surface area contributed by atoms with Gasteiger partial charge < -0.3 is 19.7 Å². The molecule has 0 bridgehead atoms. The van der Waals surface area contributed by atoms with Gasteiger partial charge >= 0.3 is 0 Å². The first-order valence-corrected chi connectivity index (χ1v) is 7.07. The van der Waals surface area contributed by atoms with Gasteiger partial charge in [-0.15, -0.1) is 0 Å². The number of methoxy groups -OCH3 is 2. The molecule has 112 valence electrons. The maximum absolute atomic E-state index is 13.9. The first-order valence-electron chi connectivity index (χ1n) is 6.69. The number of hydrogen-bond acceptors (Lipinski definition) is 4. The van der Waals surface area contributed by atoms with Crippen molar-refractivity contribution in [2.45, 2.75) is 6.42 Å². The van der Waals surface area contributed by atoms with Crippen LogP contribution < -0.4 is 14.8 Å². The van der Waals surface area contributed by atoms with Crippen molar-refractivity contribution in [3.63, 3.8) is 0 Å². The van der Waals surface area contributed by atoms with Crippen LogP contribution in [0.5, 0.6) is 11.5 Å². The average molecular weight is 303 g/mol. The van der Waals surface area contributed by atoms with Crippen LogP contribution in [0.3, 0.4) is 0 Å². The lowest BCUT2D eigenvalue weighted by Crippen LogP contribution is -2.44. The Hall–Kier alpha value is -1.04. The topological polar surface area (TPSA) is 33.7 Å². The molecule has 6 heteroatoms. The van der Waals surface area contributed by atoms with Crippen molar-refractivity contribution >= 4 is 11.6 Å². The normalized spacial score (nSPS) is 16.2. The summed E-state index contributed by atoms with van der Waals surface area (Å²) in [6, 6.07) is 1.63. The van der Waals surface area contributed by atoms with E-state index < -0.39 is 5.82 Å². The van der Waals surface area contributed by atoms with Crippen molar-refractivity contribution in [2.24, 2.45) is 0 Å². The van der Waals surface area contributed by atoms with Gasteiger partial charge in [-0.2, -0.15) is 0 Å². The third kappa shape index (κ3) is 3.34. The maximum atomic E-state index is 13.9. The summed E-state index contributed by atoms with van der Waals surface area (Å²) >= 11 is 5.91. The molecule has 0 aromatic heterocycles. The van der Waals surface area contributed by atoms with Crippen LogP contribution in [0.4, 0.5) is 4.39 Å². The highest BCUT2D eigenvalue weighted by Gasteiger charge is 2.20. The van der Waals surface area contributed by atoms with Gasteiger partial charge in [-0.25, -0.2) is 4.39 Å². The molecule has 20 heavy (non-hydrogen) atoms. The quantitative estimate of drug-likeness (QED) is 0.901. The zero-order valence-corrected chi connectivity index (χ0v) is 12.6. The van der Waals surface area contributed by atoms with Gasteiger partial charge in [-0.3, -0.25) is 0 Å². The summed E-state index contributed by atoms with van der Waals surface area (Å²) in [5.41, 5.74) is 0.870. The van der Waals surface area contributed by atoms with Crippen molar-refractivity contribution in [3.8, 4) is 11.5 Å². The molecular formula is C14H20ClFN2O2. The standard InChI is InChI=1S/C14H20ClFN2O2/c1-19-13-10(3-6-18-7-4-17-5-8-18)9-11(15)12(16)14(13)20-2/h9,17H,3-8H2,1-2H3. The Morgan fingerprint density at radius 3 is 2.50 bits per heavy atom. The van der Waals surface area contributed by atoms with Crippen LogP contribution in [0.15, 0.2) is 6.07 Å². The van der Waals surface area contributed by atoms with Crippen molar-refractivity contribution in [2.75, 3.05) is 46.9 Å². The van der Waals surface area contributed by atoms with Gasteiger partial charge in [0.05, 0.1) is 19.2 Å².